The fraction of sp³-hybridized carbons (Fsp3) is 0.211. The van der Waals surface area contributed by atoms with E-state index >= 15 is 0 Å². The van der Waals surface area contributed by atoms with Gasteiger partial charge in [0.15, 0.2) is 11.5 Å². The third-order valence-corrected chi connectivity index (χ3v) is 4.08. The standard InChI is InChI=1S/C19H18N2O5/c1-13(14-5-3-2-4-6-14)11-20-19(22)8-7-15-9-17-18(26-12-25-17)10-16(15)21(23)24/h2-10,13H,11-12H2,1H3,(H,20,22)/b8-7+/t13-/m1/s1. The molecule has 1 atom stereocenters. The van der Waals surface area contributed by atoms with Crippen molar-refractivity contribution in [2.24, 2.45) is 0 Å². The topological polar surface area (TPSA) is 90.7 Å². The molecule has 3 rings (SSSR count). The predicted octanol–water partition coefficient (Wildman–Crippen LogP) is 3.26. The van der Waals surface area contributed by atoms with E-state index in [0.717, 1.165) is 5.56 Å². The highest BCUT2D eigenvalue weighted by Gasteiger charge is 2.22. The molecule has 0 radical (unpaired) electrons. The van der Waals surface area contributed by atoms with Gasteiger partial charge in [-0.25, -0.2) is 0 Å². The second kappa shape index (κ2) is 7.69. The first-order chi connectivity index (χ1) is 12.5. The van der Waals surface area contributed by atoms with Gasteiger partial charge in [-0.1, -0.05) is 37.3 Å². The molecule has 134 valence electrons. The highest BCUT2D eigenvalue weighted by atomic mass is 16.7. The zero-order chi connectivity index (χ0) is 18.5. The summed E-state index contributed by atoms with van der Waals surface area (Å²) in [6.07, 6.45) is 2.69. The molecule has 1 N–H and O–H groups in total. The van der Waals surface area contributed by atoms with E-state index in [2.05, 4.69) is 5.32 Å². The van der Waals surface area contributed by atoms with Gasteiger partial charge in [0.05, 0.1) is 16.6 Å². The average Bonchev–Trinajstić information content (AvgIpc) is 3.11. The molecule has 0 saturated carbocycles. The fourth-order valence-corrected chi connectivity index (χ4v) is 2.62. The molecule has 7 nitrogen and oxygen atoms in total. The van der Waals surface area contributed by atoms with Crippen molar-refractivity contribution in [3.8, 4) is 11.5 Å². The first kappa shape index (κ1) is 17.5. The predicted molar refractivity (Wildman–Crippen MR) is 96.1 cm³/mol. The van der Waals surface area contributed by atoms with E-state index in [1.54, 1.807) is 0 Å². The normalized spacial score (nSPS) is 13.6. The summed E-state index contributed by atoms with van der Waals surface area (Å²) in [6.45, 7) is 2.51. The van der Waals surface area contributed by atoms with Crippen LogP contribution >= 0.6 is 0 Å². The number of nitrogens with zero attached hydrogens (tertiary/aromatic N) is 1. The number of nitro benzene ring substituents is 1. The van der Waals surface area contributed by atoms with Crippen LogP contribution < -0.4 is 14.8 Å². The van der Waals surface area contributed by atoms with Crippen LogP contribution in [0.1, 0.15) is 24.0 Å². The zero-order valence-corrected chi connectivity index (χ0v) is 14.2. The van der Waals surface area contributed by atoms with Crippen LogP contribution in [0.15, 0.2) is 48.5 Å². The van der Waals surface area contributed by atoms with Gasteiger partial charge in [0, 0.05) is 12.6 Å². The molecule has 7 heteroatoms. The third kappa shape index (κ3) is 4.00. The van der Waals surface area contributed by atoms with Gasteiger partial charge in [0.25, 0.3) is 5.69 Å². The highest BCUT2D eigenvalue weighted by molar-refractivity contribution is 5.92. The minimum atomic E-state index is -0.517. The molecular weight excluding hydrogens is 336 g/mol. The molecule has 0 aliphatic carbocycles. The molecule has 0 saturated heterocycles. The Bertz CT molecular complexity index is 849. The zero-order valence-electron chi connectivity index (χ0n) is 14.2. The van der Waals surface area contributed by atoms with Crippen molar-refractivity contribution >= 4 is 17.7 Å². The lowest BCUT2D eigenvalue weighted by atomic mass is 10.0. The Morgan fingerprint density at radius 1 is 1.27 bits per heavy atom. The summed E-state index contributed by atoms with van der Waals surface area (Å²) < 4.78 is 10.4. The summed E-state index contributed by atoms with van der Waals surface area (Å²) in [7, 11) is 0. The molecule has 0 spiro atoms. The van der Waals surface area contributed by atoms with Gasteiger partial charge in [-0.3, -0.25) is 14.9 Å². The summed E-state index contributed by atoms with van der Waals surface area (Å²) in [4.78, 5) is 22.7. The molecule has 2 aromatic rings. The largest absolute Gasteiger partial charge is 0.454 e. The lowest BCUT2D eigenvalue weighted by Crippen LogP contribution is -2.25. The summed E-state index contributed by atoms with van der Waals surface area (Å²) in [5.41, 5.74) is 1.27. The maximum atomic E-state index is 12.0. The molecule has 1 aliphatic rings. The summed E-state index contributed by atoms with van der Waals surface area (Å²) in [5, 5.41) is 14.0. The van der Waals surface area contributed by atoms with Crippen molar-refractivity contribution in [1.29, 1.82) is 0 Å². The Morgan fingerprint density at radius 3 is 2.65 bits per heavy atom. The maximum absolute atomic E-state index is 12.0. The van der Waals surface area contributed by atoms with Crippen LogP contribution in [0.25, 0.3) is 6.08 Å². The average molecular weight is 354 g/mol. The van der Waals surface area contributed by atoms with E-state index in [0.29, 0.717) is 18.0 Å². The van der Waals surface area contributed by atoms with Gasteiger partial charge in [-0.05, 0) is 23.6 Å². The monoisotopic (exact) mass is 354 g/mol. The lowest BCUT2D eigenvalue weighted by molar-refractivity contribution is -0.385. The van der Waals surface area contributed by atoms with Gasteiger partial charge in [0.1, 0.15) is 0 Å². The second-order valence-electron chi connectivity index (χ2n) is 5.91. The van der Waals surface area contributed by atoms with E-state index in [-0.39, 0.29) is 29.9 Å². The number of amides is 1. The van der Waals surface area contributed by atoms with Crippen LogP contribution in [0, 0.1) is 10.1 Å². The Kier molecular flexibility index (Phi) is 5.17. The van der Waals surface area contributed by atoms with Crippen LogP contribution in [0.4, 0.5) is 5.69 Å². The lowest BCUT2D eigenvalue weighted by Gasteiger charge is -2.11. The maximum Gasteiger partial charge on any atom is 0.280 e. The molecule has 0 aromatic heterocycles. The van der Waals surface area contributed by atoms with Crippen molar-refractivity contribution in [1.82, 2.24) is 5.32 Å². The number of rotatable bonds is 6. The quantitative estimate of drug-likeness (QED) is 0.488. The minimum Gasteiger partial charge on any atom is -0.454 e. The van der Waals surface area contributed by atoms with Gasteiger partial charge in [-0.2, -0.15) is 0 Å². The number of fused-ring (bicyclic) bond motifs is 1. The van der Waals surface area contributed by atoms with E-state index in [9.17, 15) is 14.9 Å². The Morgan fingerprint density at radius 2 is 1.96 bits per heavy atom. The number of benzene rings is 2. The van der Waals surface area contributed by atoms with Crippen molar-refractivity contribution in [3.63, 3.8) is 0 Å². The van der Waals surface area contributed by atoms with Gasteiger partial charge < -0.3 is 14.8 Å². The fourth-order valence-electron chi connectivity index (χ4n) is 2.62. The van der Waals surface area contributed by atoms with Crippen LogP contribution in [0.2, 0.25) is 0 Å². The van der Waals surface area contributed by atoms with Gasteiger partial charge in [-0.15, -0.1) is 0 Å². The first-order valence-corrected chi connectivity index (χ1v) is 8.13. The molecular formula is C19H18N2O5. The Labute approximate surface area is 150 Å². The summed E-state index contributed by atoms with van der Waals surface area (Å²) in [6, 6.07) is 12.6. The van der Waals surface area contributed by atoms with Crippen LogP contribution in [0.5, 0.6) is 11.5 Å². The van der Waals surface area contributed by atoms with Crippen molar-refractivity contribution in [3.05, 3.63) is 69.8 Å². The van der Waals surface area contributed by atoms with Gasteiger partial charge in [0.2, 0.25) is 12.7 Å². The van der Waals surface area contributed by atoms with Crippen molar-refractivity contribution in [2.75, 3.05) is 13.3 Å². The molecule has 1 heterocycles. The van der Waals surface area contributed by atoms with E-state index in [1.165, 1.54) is 24.3 Å². The van der Waals surface area contributed by atoms with Crippen molar-refractivity contribution < 1.29 is 19.2 Å². The van der Waals surface area contributed by atoms with E-state index in [4.69, 9.17) is 9.47 Å². The molecule has 0 unspecified atom stereocenters. The highest BCUT2D eigenvalue weighted by Crippen LogP contribution is 2.38. The smallest absolute Gasteiger partial charge is 0.280 e. The Balaban J connectivity index is 1.66. The molecule has 0 fully saturated rings. The number of ether oxygens (including phenoxy) is 2. The molecule has 0 bridgehead atoms. The van der Waals surface area contributed by atoms with Crippen LogP contribution in [-0.4, -0.2) is 24.2 Å². The molecule has 1 aliphatic heterocycles. The second-order valence-corrected chi connectivity index (χ2v) is 5.91. The number of hydrogen-bond acceptors (Lipinski definition) is 5. The molecule has 2 aromatic carbocycles. The van der Waals surface area contributed by atoms with Gasteiger partial charge >= 0.3 is 0 Å². The third-order valence-electron chi connectivity index (χ3n) is 4.08. The molecule has 1 amide bonds. The number of nitro groups is 1. The summed E-state index contributed by atoms with van der Waals surface area (Å²) in [5.74, 6) is 0.594. The summed E-state index contributed by atoms with van der Waals surface area (Å²) >= 11 is 0. The number of carbonyl (C=O) groups is 1. The SMILES string of the molecule is C[C@H](CNC(=O)/C=C/c1cc2c(cc1[N+](=O)[O-])OCO2)c1ccccc1. The number of nitrogens with one attached hydrogen (secondary N) is 1. The minimum absolute atomic E-state index is 0.0253. The van der Waals surface area contributed by atoms with E-state index < -0.39 is 4.92 Å². The first-order valence-electron chi connectivity index (χ1n) is 8.13. The Hall–Kier alpha value is -3.35. The number of carbonyl (C=O) groups excluding carboxylic acids is 1. The van der Waals surface area contributed by atoms with Crippen molar-refractivity contribution in [2.45, 2.75) is 12.8 Å². The van der Waals surface area contributed by atoms with Crippen LogP contribution in [0.3, 0.4) is 0 Å². The molecule has 26 heavy (non-hydrogen) atoms. The van der Waals surface area contributed by atoms with E-state index in [1.807, 2.05) is 37.3 Å². The number of hydrogen-bond donors (Lipinski definition) is 1. The van der Waals surface area contributed by atoms with Crippen LogP contribution in [-0.2, 0) is 4.79 Å².